The minimum atomic E-state index is -0.448. The number of amides is 1. The van der Waals surface area contributed by atoms with E-state index in [2.05, 4.69) is 10.5 Å². The number of hydrogen-bond acceptors (Lipinski definition) is 4. The maximum Gasteiger partial charge on any atom is 0.252 e. The van der Waals surface area contributed by atoms with Crippen LogP contribution in [0.25, 0.3) is 0 Å². The molecule has 3 aromatic rings. The first-order chi connectivity index (χ1) is 14.7. The van der Waals surface area contributed by atoms with Gasteiger partial charge in [-0.25, -0.2) is 5.43 Å². The second-order valence-corrected chi connectivity index (χ2v) is 6.55. The Morgan fingerprint density at radius 1 is 0.900 bits per heavy atom. The van der Waals surface area contributed by atoms with Gasteiger partial charge in [0.1, 0.15) is 11.5 Å². The Hall–Kier alpha value is -3.60. The highest BCUT2D eigenvalue weighted by Crippen LogP contribution is 2.25. The number of nitrogens with zero attached hydrogens (tertiary/aromatic N) is 1. The largest absolute Gasteiger partial charge is 0.494 e. The molecule has 0 heterocycles. The molecule has 0 aliphatic rings. The second kappa shape index (κ2) is 10.8. The minimum absolute atomic E-state index is 0.201. The molecule has 5 heteroatoms. The molecule has 0 spiro atoms. The van der Waals surface area contributed by atoms with E-state index < -0.39 is 5.92 Å². The van der Waals surface area contributed by atoms with Crippen molar-refractivity contribution < 1.29 is 14.3 Å². The van der Waals surface area contributed by atoms with Crippen LogP contribution >= 0.6 is 0 Å². The number of hydrogen-bond donors (Lipinski definition) is 1. The Morgan fingerprint density at radius 3 is 2.07 bits per heavy atom. The van der Waals surface area contributed by atoms with Crippen molar-refractivity contribution in [2.24, 2.45) is 5.10 Å². The van der Waals surface area contributed by atoms with Crippen molar-refractivity contribution in [3.8, 4) is 11.5 Å². The third kappa shape index (κ3) is 5.47. The summed E-state index contributed by atoms with van der Waals surface area (Å²) in [6, 6.07) is 24.9. The molecule has 0 aliphatic carbocycles. The van der Waals surface area contributed by atoms with Gasteiger partial charge in [-0.2, -0.15) is 5.10 Å². The fourth-order valence-corrected chi connectivity index (χ4v) is 3.17. The number of ether oxygens (including phenoxy) is 2. The number of hydrazone groups is 1. The Bertz CT molecular complexity index is 933. The first-order valence-corrected chi connectivity index (χ1v) is 10.0. The van der Waals surface area contributed by atoms with Crippen molar-refractivity contribution in [1.29, 1.82) is 0 Å². The van der Waals surface area contributed by atoms with Crippen molar-refractivity contribution in [2.75, 3.05) is 13.2 Å². The molecular formula is C25H26N2O3. The Balaban J connectivity index is 1.79. The van der Waals surface area contributed by atoms with Gasteiger partial charge < -0.3 is 9.47 Å². The van der Waals surface area contributed by atoms with Gasteiger partial charge in [0, 0.05) is 11.6 Å². The van der Waals surface area contributed by atoms with E-state index in [0.29, 0.717) is 19.0 Å². The van der Waals surface area contributed by atoms with E-state index in [4.69, 9.17) is 9.47 Å². The smallest absolute Gasteiger partial charge is 0.252 e. The van der Waals surface area contributed by atoms with Crippen LogP contribution in [0.2, 0.25) is 0 Å². The molecule has 0 bridgehead atoms. The molecule has 1 amide bonds. The Labute approximate surface area is 177 Å². The van der Waals surface area contributed by atoms with Gasteiger partial charge in [0.15, 0.2) is 0 Å². The quantitative estimate of drug-likeness (QED) is 0.414. The first-order valence-electron chi connectivity index (χ1n) is 10.0. The molecule has 0 saturated heterocycles. The lowest BCUT2D eigenvalue weighted by molar-refractivity contribution is -0.121. The number of benzene rings is 3. The second-order valence-electron chi connectivity index (χ2n) is 6.55. The summed E-state index contributed by atoms with van der Waals surface area (Å²) in [5.41, 5.74) is 5.26. The van der Waals surface area contributed by atoms with Crippen LogP contribution < -0.4 is 14.9 Å². The van der Waals surface area contributed by atoms with E-state index in [1.807, 2.05) is 92.7 Å². The molecule has 0 aromatic heterocycles. The van der Waals surface area contributed by atoms with Gasteiger partial charge in [-0.3, -0.25) is 4.79 Å². The summed E-state index contributed by atoms with van der Waals surface area (Å²) in [6.45, 7) is 4.95. The maximum atomic E-state index is 13.0. The lowest BCUT2D eigenvalue weighted by atomic mass is 9.91. The van der Waals surface area contributed by atoms with Gasteiger partial charge in [0.05, 0.1) is 25.3 Å². The number of carbonyl (C=O) groups excluding carboxylic acids is 1. The summed E-state index contributed by atoms with van der Waals surface area (Å²) in [4.78, 5) is 13.0. The SMILES string of the molecule is CCOc1ccc(/C=N/NC(=O)C(c2ccccc2)c2ccccc2)c(OCC)c1. The fourth-order valence-electron chi connectivity index (χ4n) is 3.17. The molecule has 3 aromatic carbocycles. The number of carbonyl (C=O) groups is 1. The molecule has 5 nitrogen and oxygen atoms in total. The lowest BCUT2D eigenvalue weighted by Gasteiger charge is -2.16. The van der Waals surface area contributed by atoms with Crippen molar-refractivity contribution in [2.45, 2.75) is 19.8 Å². The zero-order valence-electron chi connectivity index (χ0n) is 17.2. The monoisotopic (exact) mass is 402 g/mol. The van der Waals surface area contributed by atoms with E-state index in [9.17, 15) is 4.79 Å². The molecule has 3 rings (SSSR count). The zero-order chi connectivity index (χ0) is 21.2. The standard InChI is InChI=1S/C25H26N2O3/c1-3-29-22-16-15-21(23(17-22)30-4-2)18-26-27-25(28)24(19-11-7-5-8-12-19)20-13-9-6-10-14-20/h5-18,24H,3-4H2,1-2H3,(H,27,28)/b26-18+. The first kappa shape index (κ1) is 21.1. The molecule has 154 valence electrons. The van der Waals surface area contributed by atoms with Crippen molar-refractivity contribution in [3.05, 3.63) is 95.6 Å². The van der Waals surface area contributed by atoms with Crippen LogP contribution in [0.3, 0.4) is 0 Å². The van der Waals surface area contributed by atoms with Crippen LogP contribution in [0.1, 0.15) is 36.5 Å². The third-order valence-electron chi connectivity index (χ3n) is 4.50. The van der Waals surface area contributed by atoms with Gasteiger partial charge >= 0.3 is 0 Å². The highest BCUT2D eigenvalue weighted by Gasteiger charge is 2.22. The van der Waals surface area contributed by atoms with E-state index in [0.717, 1.165) is 22.4 Å². The molecule has 1 N–H and O–H groups in total. The predicted molar refractivity (Wildman–Crippen MR) is 119 cm³/mol. The molecule has 0 unspecified atom stereocenters. The van der Waals surface area contributed by atoms with Crippen LogP contribution in [0.4, 0.5) is 0 Å². The molecule has 0 fully saturated rings. The van der Waals surface area contributed by atoms with Crippen LogP contribution in [-0.2, 0) is 4.79 Å². The third-order valence-corrected chi connectivity index (χ3v) is 4.50. The molecule has 0 saturated carbocycles. The average molecular weight is 402 g/mol. The lowest BCUT2D eigenvalue weighted by Crippen LogP contribution is -2.26. The Morgan fingerprint density at radius 2 is 1.50 bits per heavy atom. The maximum absolute atomic E-state index is 13.0. The van der Waals surface area contributed by atoms with Crippen molar-refractivity contribution in [3.63, 3.8) is 0 Å². The Kier molecular flexibility index (Phi) is 7.61. The molecule has 0 radical (unpaired) electrons. The van der Waals surface area contributed by atoms with Crippen molar-refractivity contribution in [1.82, 2.24) is 5.43 Å². The van der Waals surface area contributed by atoms with Crippen LogP contribution in [-0.4, -0.2) is 25.3 Å². The van der Waals surface area contributed by atoms with Gasteiger partial charge in [-0.15, -0.1) is 0 Å². The molecule has 0 aliphatic heterocycles. The molecule has 0 atom stereocenters. The topological polar surface area (TPSA) is 59.9 Å². The number of rotatable bonds is 9. The molecule has 30 heavy (non-hydrogen) atoms. The minimum Gasteiger partial charge on any atom is -0.494 e. The van der Waals surface area contributed by atoms with Crippen LogP contribution in [0, 0.1) is 0 Å². The van der Waals surface area contributed by atoms with Crippen molar-refractivity contribution >= 4 is 12.1 Å². The average Bonchev–Trinajstić information content (AvgIpc) is 2.77. The summed E-state index contributed by atoms with van der Waals surface area (Å²) >= 11 is 0. The van der Waals surface area contributed by atoms with Crippen LogP contribution in [0.5, 0.6) is 11.5 Å². The highest BCUT2D eigenvalue weighted by molar-refractivity contribution is 5.89. The number of nitrogens with one attached hydrogen (secondary N) is 1. The summed E-state index contributed by atoms with van der Waals surface area (Å²) < 4.78 is 11.2. The van der Waals surface area contributed by atoms with Gasteiger partial charge in [0.25, 0.3) is 5.91 Å². The fraction of sp³-hybridized carbons (Fsp3) is 0.200. The summed E-state index contributed by atoms with van der Waals surface area (Å²) in [5, 5.41) is 4.19. The van der Waals surface area contributed by atoms with E-state index >= 15 is 0 Å². The van der Waals surface area contributed by atoms with Gasteiger partial charge in [-0.05, 0) is 37.1 Å². The zero-order valence-corrected chi connectivity index (χ0v) is 17.2. The van der Waals surface area contributed by atoms with Gasteiger partial charge in [-0.1, -0.05) is 60.7 Å². The molecular weight excluding hydrogens is 376 g/mol. The normalized spacial score (nSPS) is 10.9. The summed E-state index contributed by atoms with van der Waals surface area (Å²) in [6.07, 6.45) is 1.59. The predicted octanol–water partition coefficient (Wildman–Crippen LogP) is 4.77. The van der Waals surface area contributed by atoms with E-state index in [1.165, 1.54) is 0 Å². The summed E-state index contributed by atoms with van der Waals surface area (Å²) in [5.74, 6) is 0.739. The van der Waals surface area contributed by atoms with Crippen LogP contribution in [0.15, 0.2) is 84.0 Å². The van der Waals surface area contributed by atoms with Gasteiger partial charge in [0.2, 0.25) is 0 Å². The van der Waals surface area contributed by atoms with E-state index in [-0.39, 0.29) is 5.91 Å². The van der Waals surface area contributed by atoms with E-state index in [1.54, 1.807) is 6.21 Å². The highest BCUT2D eigenvalue weighted by atomic mass is 16.5. The summed E-state index contributed by atoms with van der Waals surface area (Å²) in [7, 11) is 0.